The Morgan fingerprint density at radius 1 is 0.875 bits per heavy atom. The summed E-state index contributed by atoms with van der Waals surface area (Å²) in [6.07, 6.45) is 0.245. The molecule has 3 N–H and O–H groups in total. The molecule has 0 radical (unpaired) electrons. The smallest absolute Gasteiger partial charge is 0.248 e. The average molecular weight is 345 g/mol. The molecule has 24 heavy (non-hydrogen) atoms. The maximum Gasteiger partial charge on any atom is 0.248 e. The monoisotopic (exact) mass is 344 g/mol. The largest absolute Gasteiger partial charge is 0.366 e. The van der Waals surface area contributed by atoms with Gasteiger partial charge in [-0.15, -0.1) is 0 Å². The third-order valence-electron chi connectivity index (χ3n) is 3.47. The molecule has 0 aliphatic carbocycles. The average Bonchev–Trinajstić information content (AvgIpc) is 2.58. The molecule has 5 nitrogen and oxygen atoms in total. The van der Waals surface area contributed by atoms with Gasteiger partial charge in [0.05, 0.1) is 0 Å². The van der Waals surface area contributed by atoms with Crippen molar-refractivity contribution in [1.29, 1.82) is 0 Å². The summed E-state index contributed by atoms with van der Waals surface area (Å²) in [4.78, 5) is 34.8. The van der Waals surface area contributed by atoms with Crippen molar-refractivity contribution in [2.75, 3.05) is 0 Å². The van der Waals surface area contributed by atoms with E-state index in [1.54, 1.807) is 48.5 Å². The molecule has 0 unspecified atom stereocenters. The number of carbonyl (C=O) groups excluding carboxylic acids is 3. The number of benzene rings is 2. The number of Topliss-reactive ketones (excluding diaryl/α,β-unsaturated/α-hetero) is 1. The molecule has 2 aromatic rings. The molecule has 0 spiro atoms. The number of nitrogens with two attached hydrogens (primary N) is 1. The Labute approximate surface area is 144 Å². The van der Waals surface area contributed by atoms with Crippen molar-refractivity contribution in [1.82, 2.24) is 5.32 Å². The third-order valence-corrected chi connectivity index (χ3v) is 3.73. The molecular formula is C18H17ClN2O3. The quantitative estimate of drug-likeness (QED) is 0.757. The van der Waals surface area contributed by atoms with Gasteiger partial charge >= 0.3 is 0 Å². The highest BCUT2D eigenvalue weighted by atomic mass is 35.5. The molecule has 0 aliphatic heterocycles. The van der Waals surface area contributed by atoms with Gasteiger partial charge in [-0.1, -0.05) is 23.7 Å². The summed E-state index contributed by atoms with van der Waals surface area (Å²) in [5.41, 5.74) is 6.96. The third kappa shape index (κ3) is 5.21. The van der Waals surface area contributed by atoms with E-state index >= 15 is 0 Å². The van der Waals surface area contributed by atoms with Gasteiger partial charge in [-0.25, -0.2) is 0 Å². The summed E-state index contributed by atoms with van der Waals surface area (Å²) in [5, 5.41) is 3.30. The number of primary amides is 1. The molecule has 2 rings (SSSR count). The van der Waals surface area contributed by atoms with E-state index in [1.807, 2.05) is 0 Å². The van der Waals surface area contributed by atoms with Crippen LogP contribution in [0.15, 0.2) is 48.5 Å². The van der Waals surface area contributed by atoms with E-state index in [4.69, 9.17) is 17.3 Å². The molecule has 0 atom stereocenters. The summed E-state index contributed by atoms with van der Waals surface area (Å²) < 4.78 is 0. The van der Waals surface area contributed by atoms with Gasteiger partial charge in [0.25, 0.3) is 0 Å². The van der Waals surface area contributed by atoms with E-state index in [0.717, 1.165) is 5.56 Å². The first kappa shape index (κ1) is 17.7. The summed E-state index contributed by atoms with van der Waals surface area (Å²) in [6.45, 7) is 0.326. The Hall–Kier alpha value is -2.66. The van der Waals surface area contributed by atoms with Crippen molar-refractivity contribution in [3.05, 3.63) is 70.2 Å². The number of halogens is 1. The number of amides is 2. The highest BCUT2D eigenvalue weighted by Gasteiger charge is 2.09. The predicted molar refractivity (Wildman–Crippen MR) is 91.8 cm³/mol. The van der Waals surface area contributed by atoms with E-state index in [0.29, 0.717) is 22.7 Å². The van der Waals surface area contributed by atoms with Crippen molar-refractivity contribution in [2.45, 2.75) is 19.4 Å². The second-order valence-corrected chi connectivity index (χ2v) is 5.70. The molecule has 0 aromatic heterocycles. The minimum absolute atomic E-state index is 0.104. The molecule has 0 heterocycles. The first-order valence-electron chi connectivity index (χ1n) is 7.40. The number of carbonyl (C=O) groups is 3. The van der Waals surface area contributed by atoms with Gasteiger partial charge in [0, 0.05) is 35.5 Å². The number of hydrogen-bond donors (Lipinski definition) is 2. The standard InChI is InChI=1S/C18H17ClN2O3/c19-15-7-5-13(6-8-15)16(22)9-10-17(23)21-11-12-1-3-14(4-2-12)18(20)24/h1-8H,9-11H2,(H2,20,24)(H,21,23). The summed E-state index contributed by atoms with van der Waals surface area (Å²) in [5.74, 6) is -0.810. The van der Waals surface area contributed by atoms with Crippen LogP contribution in [0, 0.1) is 0 Å². The summed E-state index contributed by atoms with van der Waals surface area (Å²) >= 11 is 5.77. The SMILES string of the molecule is NC(=O)c1ccc(CNC(=O)CCC(=O)c2ccc(Cl)cc2)cc1. The lowest BCUT2D eigenvalue weighted by Crippen LogP contribution is -2.23. The van der Waals surface area contributed by atoms with E-state index in [2.05, 4.69) is 5.32 Å². The Morgan fingerprint density at radius 3 is 2.04 bits per heavy atom. The van der Waals surface area contributed by atoms with Crippen LogP contribution in [0.1, 0.15) is 39.1 Å². The summed E-state index contributed by atoms with van der Waals surface area (Å²) in [7, 11) is 0. The topological polar surface area (TPSA) is 89.3 Å². The first-order chi connectivity index (χ1) is 11.5. The van der Waals surface area contributed by atoms with Crippen LogP contribution >= 0.6 is 11.6 Å². The molecule has 6 heteroatoms. The molecule has 124 valence electrons. The van der Waals surface area contributed by atoms with Crippen LogP contribution in [0.5, 0.6) is 0 Å². The van der Waals surface area contributed by atoms with Crippen LogP contribution in [0.25, 0.3) is 0 Å². The molecule has 0 saturated carbocycles. The minimum Gasteiger partial charge on any atom is -0.366 e. The molecule has 0 aliphatic rings. The number of rotatable bonds is 7. The van der Waals surface area contributed by atoms with E-state index in [1.165, 1.54) is 0 Å². The number of hydrogen-bond acceptors (Lipinski definition) is 3. The van der Waals surface area contributed by atoms with Crippen molar-refractivity contribution in [3.63, 3.8) is 0 Å². The van der Waals surface area contributed by atoms with Gasteiger partial charge in [0.2, 0.25) is 11.8 Å². The Kier molecular flexibility index (Phi) is 6.09. The maximum atomic E-state index is 12.0. The molecule has 0 saturated heterocycles. The summed E-state index contributed by atoms with van der Waals surface area (Å²) in [6, 6.07) is 13.2. The van der Waals surface area contributed by atoms with Crippen molar-refractivity contribution < 1.29 is 14.4 Å². The maximum absolute atomic E-state index is 12.0. The van der Waals surface area contributed by atoms with Crippen LogP contribution < -0.4 is 11.1 Å². The van der Waals surface area contributed by atoms with E-state index in [-0.39, 0.29) is 24.5 Å². The lowest BCUT2D eigenvalue weighted by molar-refractivity contribution is -0.121. The highest BCUT2D eigenvalue weighted by molar-refractivity contribution is 6.30. The zero-order chi connectivity index (χ0) is 17.5. The number of nitrogens with one attached hydrogen (secondary N) is 1. The Morgan fingerprint density at radius 2 is 1.46 bits per heavy atom. The van der Waals surface area contributed by atoms with Gasteiger partial charge in [0.15, 0.2) is 5.78 Å². The lowest BCUT2D eigenvalue weighted by Gasteiger charge is -2.06. The second-order valence-electron chi connectivity index (χ2n) is 5.27. The minimum atomic E-state index is -0.494. The van der Waals surface area contributed by atoms with Gasteiger partial charge in [-0.05, 0) is 42.0 Å². The van der Waals surface area contributed by atoms with Gasteiger partial charge < -0.3 is 11.1 Å². The van der Waals surface area contributed by atoms with Gasteiger partial charge in [0.1, 0.15) is 0 Å². The van der Waals surface area contributed by atoms with Crippen molar-refractivity contribution in [3.8, 4) is 0 Å². The lowest BCUT2D eigenvalue weighted by atomic mass is 10.1. The van der Waals surface area contributed by atoms with Gasteiger partial charge in [-0.3, -0.25) is 14.4 Å². The highest BCUT2D eigenvalue weighted by Crippen LogP contribution is 2.12. The van der Waals surface area contributed by atoms with Gasteiger partial charge in [-0.2, -0.15) is 0 Å². The van der Waals surface area contributed by atoms with Crippen LogP contribution in [-0.4, -0.2) is 17.6 Å². The normalized spacial score (nSPS) is 10.2. The first-order valence-corrected chi connectivity index (χ1v) is 7.77. The number of ketones is 1. The van der Waals surface area contributed by atoms with Crippen LogP contribution in [0.4, 0.5) is 0 Å². The molecule has 2 aromatic carbocycles. The van der Waals surface area contributed by atoms with Crippen molar-refractivity contribution in [2.24, 2.45) is 5.73 Å². The van der Waals surface area contributed by atoms with Crippen molar-refractivity contribution >= 4 is 29.2 Å². The molecule has 0 bridgehead atoms. The fourth-order valence-electron chi connectivity index (χ4n) is 2.08. The molecular weight excluding hydrogens is 328 g/mol. The molecule has 0 fully saturated rings. The van der Waals surface area contributed by atoms with Crippen LogP contribution in [0.2, 0.25) is 5.02 Å². The Balaban J connectivity index is 1.77. The predicted octanol–water partition coefficient (Wildman–Crippen LogP) is 2.72. The van der Waals surface area contributed by atoms with E-state index in [9.17, 15) is 14.4 Å². The fourth-order valence-corrected chi connectivity index (χ4v) is 2.21. The Bertz CT molecular complexity index is 740. The zero-order valence-electron chi connectivity index (χ0n) is 12.9. The fraction of sp³-hybridized carbons (Fsp3) is 0.167. The van der Waals surface area contributed by atoms with Crippen LogP contribution in [0.3, 0.4) is 0 Å². The molecule has 2 amide bonds. The zero-order valence-corrected chi connectivity index (χ0v) is 13.7. The van der Waals surface area contributed by atoms with Crippen LogP contribution in [-0.2, 0) is 11.3 Å². The second kappa shape index (κ2) is 8.26. The van der Waals surface area contributed by atoms with E-state index < -0.39 is 5.91 Å².